The fraction of sp³-hybridized carbons (Fsp3) is 0.370. The largest absolute Gasteiger partial charge is 0.493 e. The number of furan rings is 1. The first-order chi connectivity index (χ1) is 16.9. The average Bonchev–Trinajstić information content (AvgIpc) is 3.64. The van der Waals surface area contributed by atoms with Gasteiger partial charge in [-0.1, -0.05) is 0 Å². The van der Waals surface area contributed by atoms with Crippen LogP contribution < -0.4 is 15.2 Å². The number of methoxy groups -OCH3 is 1. The highest BCUT2D eigenvalue weighted by molar-refractivity contribution is 6.18. The minimum Gasteiger partial charge on any atom is -0.493 e. The molecule has 8 nitrogen and oxygen atoms in total. The molecule has 8 heteroatoms. The van der Waals surface area contributed by atoms with Gasteiger partial charge in [0.2, 0.25) is 0 Å². The summed E-state index contributed by atoms with van der Waals surface area (Å²) in [5, 5.41) is 10.3. The monoisotopic (exact) mass is 475 g/mol. The number of carbonyl (C=O) groups is 1. The second-order valence-corrected chi connectivity index (χ2v) is 9.23. The molecular formula is C27H29N3O5. The van der Waals surface area contributed by atoms with E-state index in [-0.39, 0.29) is 11.9 Å². The van der Waals surface area contributed by atoms with Crippen LogP contribution in [-0.2, 0) is 10.3 Å². The summed E-state index contributed by atoms with van der Waals surface area (Å²) in [6, 6.07) is 11.4. The van der Waals surface area contributed by atoms with Crippen molar-refractivity contribution in [1.82, 2.24) is 0 Å². The molecule has 0 radical (unpaired) electrons. The van der Waals surface area contributed by atoms with Gasteiger partial charge in [0.05, 0.1) is 32.1 Å². The van der Waals surface area contributed by atoms with Crippen molar-refractivity contribution < 1.29 is 23.8 Å². The Morgan fingerprint density at radius 1 is 1.17 bits per heavy atom. The highest BCUT2D eigenvalue weighted by Crippen LogP contribution is 2.34. The summed E-state index contributed by atoms with van der Waals surface area (Å²) in [5.74, 6) is 2.29. The van der Waals surface area contributed by atoms with Crippen molar-refractivity contribution in [2.24, 2.45) is 15.7 Å². The first-order valence-electron chi connectivity index (χ1n) is 11.8. The van der Waals surface area contributed by atoms with E-state index in [1.165, 1.54) is 12.8 Å². The van der Waals surface area contributed by atoms with Gasteiger partial charge >= 0.3 is 0 Å². The first-order valence-corrected chi connectivity index (χ1v) is 11.8. The lowest BCUT2D eigenvalue weighted by atomic mass is 10.0. The number of amidine groups is 1. The molecule has 1 unspecified atom stereocenters. The Bertz CT molecular complexity index is 1340. The van der Waals surface area contributed by atoms with Crippen molar-refractivity contribution in [3.63, 3.8) is 0 Å². The van der Waals surface area contributed by atoms with E-state index in [9.17, 15) is 9.90 Å². The van der Waals surface area contributed by atoms with Gasteiger partial charge in [0.25, 0.3) is 0 Å². The second-order valence-electron chi connectivity index (χ2n) is 9.23. The Hall–Kier alpha value is -3.49. The summed E-state index contributed by atoms with van der Waals surface area (Å²) in [6.45, 7) is 1.82. The van der Waals surface area contributed by atoms with Gasteiger partial charge in [-0.25, -0.2) is 4.99 Å². The first kappa shape index (κ1) is 23.3. The molecule has 2 aromatic carbocycles. The summed E-state index contributed by atoms with van der Waals surface area (Å²) < 4.78 is 17.6. The molecule has 1 fully saturated rings. The molecule has 0 saturated heterocycles. The predicted molar refractivity (Wildman–Crippen MR) is 134 cm³/mol. The molecule has 182 valence electrons. The third-order valence-electron chi connectivity index (χ3n) is 6.70. The van der Waals surface area contributed by atoms with Crippen molar-refractivity contribution in [2.75, 3.05) is 20.3 Å². The molecule has 3 aromatic rings. The Kier molecular flexibility index (Phi) is 6.17. The molecule has 1 atom stereocenters. The summed E-state index contributed by atoms with van der Waals surface area (Å²) in [4.78, 5) is 20.9. The second kappa shape index (κ2) is 9.28. The molecule has 3 N–H and O–H groups in total. The Labute approximate surface area is 203 Å². The quantitative estimate of drug-likeness (QED) is 0.480. The average molecular weight is 476 g/mol. The van der Waals surface area contributed by atoms with Crippen LogP contribution in [0.4, 0.5) is 0 Å². The summed E-state index contributed by atoms with van der Waals surface area (Å²) >= 11 is 0. The number of aldehydes is 1. The maximum atomic E-state index is 11.4. The highest BCUT2D eigenvalue weighted by atomic mass is 16.5. The van der Waals surface area contributed by atoms with Gasteiger partial charge in [-0.05, 0) is 74.6 Å². The number of aliphatic hydroxyl groups is 1. The van der Waals surface area contributed by atoms with Gasteiger partial charge in [-0.2, -0.15) is 0 Å². The number of fused-ring (bicyclic) bond motifs is 1. The fourth-order valence-electron chi connectivity index (χ4n) is 4.65. The van der Waals surface area contributed by atoms with Crippen molar-refractivity contribution >= 4 is 28.8 Å². The van der Waals surface area contributed by atoms with Gasteiger partial charge in [0.15, 0.2) is 22.9 Å². The Morgan fingerprint density at radius 2 is 1.97 bits per heavy atom. The highest BCUT2D eigenvalue weighted by Gasteiger charge is 2.31. The topological polar surface area (TPSA) is 120 Å². The molecule has 35 heavy (non-hydrogen) atoms. The van der Waals surface area contributed by atoms with Crippen LogP contribution >= 0.6 is 0 Å². The van der Waals surface area contributed by atoms with Gasteiger partial charge in [-0.3, -0.25) is 4.99 Å². The van der Waals surface area contributed by atoms with E-state index < -0.39 is 12.1 Å². The van der Waals surface area contributed by atoms with E-state index >= 15 is 0 Å². The summed E-state index contributed by atoms with van der Waals surface area (Å²) in [7, 11) is 1.65. The zero-order valence-electron chi connectivity index (χ0n) is 19.9. The lowest BCUT2D eigenvalue weighted by Crippen LogP contribution is -2.41. The number of aliphatic hydroxyl groups excluding tert-OH is 1. The van der Waals surface area contributed by atoms with E-state index in [4.69, 9.17) is 24.6 Å². The summed E-state index contributed by atoms with van der Waals surface area (Å²) in [5.41, 5.74) is 8.52. The van der Waals surface area contributed by atoms with Crippen LogP contribution in [0.25, 0.3) is 11.0 Å². The van der Waals surface area contributed by atoms with E-state index in [1.54, 1.807) is 13.2 Å². The zero-order valence-corrected chi connectivity index (χ0v) is 19.9. The molecule has 2 heterocycles. The number of hydrogen-bond donors (Lipinski definition) is 2. The number of benzene rings is 2. The smallest absolute Gasteiger partial charge is 0.162 e. The van der Waals surface area contributed by atoms with E-state index in [0.29, 0.717) is 30.0 Å². The molecule has 1 aliphatic carbocycles. The number of nitrogens with zero attached hydrogens (tertiary/aromatic N) is 2. The standard InChI is InChI=1S/C27H29N3O5/c1-16-9-19(10-18-12-24(35-25(16)18)27(28,14-31)15-32)26-29-13-21(30-26)17-7-8-22(33-2)23(11-17)34-20-5-3-4-6-20/h7-12,14,20,32H,3-6,13,15,28H2,1-2H3. The number of carbonyl (C=O) groups excluding carboxylic acids is 1. The van der Waals surface area contributed by atoms with Gasteiger partial charge in [-0.15, -0.1) is 0 Å². The minimum atomic E-state index is -1.57. The van der Waals surface area contributed by atoms with Crippen LogP contribution in [0.3, 0.4) is 0 Å². The van der Waals surface area contributed by atoms with Crippen LogP contribution in [0.15, 0.2) is 50.8 Å². The SMILES string of the molecule is COc1ccc(C2=NC(c3cc(C)c4oc(C(N)(C=O)CO)cc4c3)=NC2)cc1OC1CCCC1. The number of nitrogens with two attached hydrogens (primary N) is 1. The molecule has 0 spiro atoms. The zero-order chi connectivity index (χ0) is 24.6. The number of rotatable bonds is 8. The molecule has 1 aromatic heterocycles. The molecule has 0 amide bonds. The lowest BCUT2D eigenvalue weighted by molar-refractivity contribution is -0.114. The normalized spacial score (nSPS) is 17.8. The number of aryl methyl sites for hydroxylation is 1. The maximum Gasteiger partial charge on any atom is 0.162 e. The molecule has 0 bridgehead atoms. The number of hydrogen-bond acceptors (Lipinski definition) is 8. The van der Waals surface area contributed by atoms with Crippen LogP contribution in [-0.4, -0.2) is 49.3 Å². The van der Waals surface area contributed by atoms with Crippen LogP contribution in [0.1, 0.15) is 48.1 Å². The molecular weight excluding hydrogens is 446 g/mol. The van der Waals surface area contributed by atoms with Crippen molar-refractivity contribution in [2.45, 2.75) is 44.2 Å². The van der Waals surface area contributed by atoms with Crippen LogP contribution in [0, 0.1) is 6.92 Å². The van der Waals surface area contributed by atoms with Crippen LogP contribution in [0.2, 0.25) is 0 Å². The molecule has 1 aliphatic heterocycles. The molecule has 1 saturated carbocycles. The lowest BCUT2D eigenvalue weighted by Gasteiger charge is -2.16. The fourth-order valence-corrected chi connectivity index (χ4v) is 4.65. The van der Waals surface area contributed by atoms with Crippen molar-refractivity contribution in [3.8, 4) is 11.5 Å². The van der Waals surface area contributed by atoms with E-state index in [0.717, 1.165) is 46.4 Å². The Morgan fingerprint density at radius 3 is 2.69 bits per heavy atom. The summed E-state index contributed by atoms with van der Waals surface area (Å²) in [6.07, 6.45) is 5.24. The third-order valence-corrected chi connectivity index (χ3v) is 6.70. The number of ether oxygens (including phenoxy) is 2. The van der Waals surface area contributed by atoms with Crippen LogP contribution in [0.5, 0.6) is 11.5 Å². The third kappa shape index (κ3) is 4.35. The van der Waals surface area contributed by atoms with E-state index in [2.05, 4.69) is 4.99 Å². The van der Waals surface area contributed by atoms with Gasteiger partial charge < -0.3 is 29.5 Å². The predicted octanol–water partition coefficient (Wildman–Crippen LogP) is 3.67. The van der Waals surface area contributed by atoms with Gasteiger partial charge in [0.1, 0.15) is 17.6 Å². The molecule has 2 aliphatic rings. The minimum absolute atomic E-state index is 0.218. The molecule has 5 rings (SSSR count). The van der Waals surface area contributed by atoms with Crippen molar-refractivity contribution in [1.29, 1.82) is 0 Å². The Balaban J connectivity index is 1.44. The number of aliphatic imine (C=N–C) groups is 2. The van der Waals surface area contributed by atoms with Crippen molar-refractivity contribution in [3.05, 3.63) is 58.8 Å². The van der Waals surface area contributed by atoms with E-state index in [1.807, 2.05) is 37.3 Å². The maximum absolute atomic E-state index is 11.4. The van der Waals surface area contributed by atoms with Gasteiger partial charge in [0, 0.05) is 16.5 Å².